The highest BCUT2D eigenvalue weighted by Gasteiger charge is 2.48. The van der Waals surface area contributed by atoms with Crippen molar-refractivity contribution in [1.29, 1.82) is 0 Å². The quantitative estimate of drug-likeness (QED) is 0.170. The molecule has 0 saturated carbocycles. The van der Waals surface area contributed by atoms with E-state index >= 15 is 0 Å². The number of nitrogens with two attached hydrogens (primary N) is 1. The Morgan fingerprint density at radius 2 is 2.03 bits per heavy atom. The van der Waals surface area contributed by atoms with Crippen molar-refractivity contribution < 1.29 is 39.3 Å². The third kappa shape index (κ3) is 7.74. The highest BCUT2D eigenvalue weighted by atomic mass is 32.2. The lowest BCUT2D eigenvalue weighted by atomic mass is 10.1. The van der Waals surface area contributed by atoms with Crippen LogP contribution in [-0.2, 0) is 24.0 Å². The molecule has 3 amide bonds. The number of hydrogen-bond donors (Lipinski definition) is 6. The number of carboxylic acid groups (broad SMARTS) is 2. The molecule has 1 aliphatic rings. The van der Waals surface area contributed by atoms with Gasteiger partial charge in [-0.2, -0.15) is 11.8 Å². The smallest absolute Gasteiger partial charge is 0.322 e. The molecule has 4 atom stereocenters. The molecule has 1 aliphatic heterocycles. The van der Waals surface area contributed by atoms with E-state index < -0.39 is 53.4 Å². The standard InChI is InChI=1S/C18H26N4O8S/c1-3-6-22-14(24)7-12(18(22,2)30)31-9-11(16(27)20-8-15(25)26)21-13(23)5-4-10(19)17(28)29/h1,10-12,30H,4-9,19H2,2H3,(H,20,27)(H,21,23)(H,25,26)(H,28,29)/t10-,11-,12?,18?/m0/s1. The number of likely N-dealkylation sites (tertiary alicyclic amines) is 1. The van der Waals surface area contributed by atoms with E-state index in [2.05, 4.69) is 16.6 Å². The Bertz CT molecular complexity index is 766. The van der Waals surface area contributed by atoms with Gasteiger partial charge in [-0.05, 0) is 13.3 Å². The molecule has 13 heteroatoms. The van der Waals surface area contributed by atoms with E-state index in [1.165, 1.54) is 6.92 Å². The number of nitrogens with one attached hydrogen (secondary N) is 2. The van der Waals surface area contributed by atoms with Crippen molar-refractivity contribution in [2.24, 2.45) is 5.73 Å². The number of thioether (sulfide) groups is 1. The molecule has 0 bridgehead atoms. The molecule has 2 unspecified atom stereocenters. The molecule has 0 aromatic carbocycles. The van der Waals surface area contributed by atoms with Crippen molar-refractivity contribution >= 4 is 41.4 Å². The highest BCUT2D eigenvalue weighted by molar-refractivity contribution is 8.00. The number of aliphatic carboxylic acids is 2. The number of aliphatic hydroxyl groups is 1. The third-order valence-electron chi connectivity index (χ3n) is 4.60. The molecule has 0 aromatic heterocycles. The first-order valence-corrected chi connectivity index (χ1v) is 10.3. The van der Waals surface area contributed by atoms with E-state index in [1.54, 1.807) is 0 Å². The Balaban J connectivity index is 2.80. The molecule has 0 aliphatic carbocycles. The average molecular weight is 458 g/mol. The second-order valence-electron chi connectivity index (χ2n) is 7.02. The van der Waals surface area contributed by atoms with Crippen LogP contribution in [0.2, 0.25) is 0 Å². The van der Waals surface area contributed by atoms with Crippen LogP contribution in [0.5, 0.6) is 0 Å². The Morgan fingerprint density at radius 1 is 1.39 bits per heavy atom. The van der Waals surface area contributed by atoms with Crippen LogP contribution in [0.3, 0.4) is 0 Å². The predicted octanol–water partition coefficient (Wildman–Crippen LogP) is -2.46. The number of carboxylic acids is 2. The fourth-order valence-electron chi connectivity index (χ4n) is 2.80. The van der Waals surface area contributed by atoms with Gasteiger partial charge < -0.3 is 36.6 Å². The van der Waals surface area contributed by atoms with Gasteiger partial charge >= 0.3 is 11.9 Å². The van der Waals surface area contributed by atoms with Gasteiger partial charge in [-0.25, -0.2) is 0 Å². The first-order chi connectivity index (χ1) is 14.4. The second kappa shape index (κ2) is 11.5. The van der Waals surface area contributed by atoms with E-state index in [4.69, 9.17) is 22.4 Å². The molecule has 1 saturated heterocycles. The monoisotopic (exact) mass is 458 g/mol. The van der Waals surface area contributed by atoms with Crippen LogP contribution < -0.4 is 16.4 Å². The minimum Gasteiger partial charge on any atom is -0.480 e. The Hall–Kier alpha value is -2.82. The molecule has 12 nitrogen and oxygen atoms in total. The van der Waals surface area contributed by atoms with Crippen molar-refractivity contribution in [1.82, 2.24) is 15.5 Å². The summed E-state index contributed by atoms with van der Waals surface area (Å²) in [5, 5.41) is 32.1. The van der Waals surface area contributed by atoms with Crippen molar-refractivity contribution in [3.05, 3.63) is 0 Å². The van der Waals surface area contributed by atoms with Gasteiger partial charge in [0.25, 0.3) is 0 Å². The van der Waals surface area contributed by atoms with Gasteiger partial charge in [0.05, 0.1) is 11.8 Å². The number of terminal acetylenes is 1. The zero-order valence-electron chi connectivity index (χ0n) is 16.9. The molecule has 31 heavy (non-hydrogen) atoms. The molecule has 172 valence electrons. The van der Waals surface area contributed by atoms with E-state index in [1.807, 2.05) is 0 Å². The zero-order chi connectivity index (χ0) is 23.8. The van der Waals surface area contributed by atoms with E-state index in [-0.39, 0.29) is 37.5 Å². The van der Waals surface area contributed by atoms with Gasteiger partial charge in [0.15, 0.2) is 0 Å². The lowest BCUT2D eigenvalue weighted by Crippen LogP contribution is -2.51. The summed E-state index contributed by atoms with van der Waals surface area (Å²) < 4.78 is 0. The zero-order valence-corrected chi connectivity index (χ0v) is 17.7. The third-order valence-corrected chi connectivity index (χ3v) is 6.14. The number of hydrogen-bond acceptors (Lipinski definition) is 8. The van der Waals surface area contributed by atoms with Crippen LogP contribution in [0.15, 0.2) is 0 Å². The van der Waals surface area contributed by atoms with Crippen LogP contribution in [-0.4, -0.2) is 91.8 Å². The van der Waals surface area contributed by atoms with Crippen molar-refractivity contribution in [3.8, 4) is 12.3 Å². The largest absolute Gasteiger partial charge is 0.480 e. The summed E-state index contributed by atoms with van der Waals surface area (Å²) in [6.07, 6.45) is 4.76. The maximum absolute atomic E-state index is 12.3. The topological polar surface area (TPSA) is 199 Å². The molecular formula is C18H26N4O8S. The maximum atomic E-state index is 12.3. The van der Waals surface area contributed by atoms with E-state index in [0.29, 0.717) is 0 Å². The fourth-order valence-corrected chi connectivity index (χ4v) is 4.17. The van der Waals surface area contributed by atoms with Gasteiger partial charge in [-0.3, -0.25) is 24.0 Å². The van der Waals surface area contributed by atoms with Gasteiger partial charge in [-0.15, -0.1) is 6.42 Å². The molecule has 1 heterocycles. The molecule has 1 fully saturated rings. The summed E-state index contributed by atoms with van der Waals surface area (Å²) in [5.41, 5.74) is 3.78. The Kier molecular flexibility index (Phi) is 9.76. The normalized spacial score (nSPS) is 22.3. The predicted molar refractivity (Wildman–Crippen MR) is 109 cm³/mol. The van der Waals surface area contributed by atoms with Crippen LogP contribution >= 0.6 is 11.8 Å². The maximum Gasteiger partial charge on any atom is 0.322 e. The summed E-state index contributed by atoms with van der Waals surface area (Å²) in [4.78, 5) is 59.2. The van der Waals surface area contributed by atoms with E-state index in [9.17, 15) is 29.1 Å². The summed E-state index contributed by atoms with van der Waals surface area (Å²) in [7, 11) is 0. The van der Waals surface area contributed by atoms with Crippen LogP contribution in [0.4, 0.5) is 0 Å². The molecule has 0 spiro atoms. The van der Waals surface area contributed by atoms with Crippen LogP contribution in [0.1, 0.15) is 26.2 Å². The molecule has 0 aromatic rings. The number of rotatable bonds is 12. The molecule has 1 rings (SSSR count). The van der Waals surface area contributed by atoms with E-state index in [0.717, 1.165) is 16.7 Å². The number of amides is 3. The fraction of sp³-hybridized carbons (Fsp3) is 0.611. The molecule has 0 radical (unpaired) electrons. The lowest BCUT2D eigenvalue weighted by Gasteiger charge is -2.33. The van der Waals surface area contributed by atoms with Crippen molar-refractivity contribution in [2.45, 2.75) is 49.2 Å². The van der Waals surface area contributed by atoms with Crippen LogP contribution in [0.25, 0.3) is 0 Å². The van der Waals surface area contributed by atoms with Crippen LogP contribution in [0, 0.1) is 12.3 Å². The van der Waals surface area contributed by atoms with Crippen molar-refractivity contribution in [2.75, 3.05) is 18.8 Å². The summed E-state index contributed by atoms with van der Waals surface area (Å²) >= 11 is 1.04. The first kappa shape index (κ1) is 26.2. The minimum atomic E-state index is -1.57. The lowest BCUT2D eigenvalue weighted by molar-refractivity contribution is -0.140. The number of carbonyl (C=O) groups excluding carboxylic acids is 3. The summed E-state index contributed by atoms with van der Waals surface area (Å²) in [6, 6.07) is -2.44. The highest BCUT2D eigenvalue weighted by Crippen LogP contribution is 2.36. The van der Waals surface area contributed by atoms with Crippen molar-refractivity contribution in [3.63, 3.8) is 0 Å². The van der Waals surface area contributed by atoms with Gasteiger partial charge in [-0.1, -0.05) is 5.92 Å². The SMILES string of the molecule is C#CCN1C(=O)CC(SC[C@H](NC(=O)CC[C@H](N)C(=O)O)C(=O)NCC(=O)O)C1(C)O. The minimum absolute atomic E-state index is 0.0375. The summed E-state index contributed by atoms with van der Waals surface area (Å²) in [6.45, 7) is 0.652. The second-order valence-corrected chi connectivity index (χ2v) is 8.25. The molecular weight excluding hydrogens is 432 g/mol. The average Bonchev–Trinajstić information content (AvgIpc) is 2.90. The van der Waals surface area contributed by atoms with Gasteiger partial charge in [0, 0.05) is 18.6 Å². The Labute approximate surface area is 182 Å². The Morgan fingerprint density at radius 3 is 2.58 bits per heavy atom. The summed E-state index contributed by atoms with van der Waals surface area (Å²) in [5.74, 6) is -2.15. The van der Waals surface area contributed by atoms with Gasteiger partial charge in [0.1, 0.15) is 24.4 Å². The molecule has 7 N–H and O–H groups in total. The first-order valence-electron chi connectivity index (χ1n) is 9.25. The number of carbonyl (C=O) groups is 5. The van der Waals surface area contributed by atoms with Gasteiger partial charge in [0.2, 0.25) is 17.7 Å². The number of nitrogens with zero attached hydrogens (tertiary/aromatic N) is 1.